The third-order valence-electron chi connectivity index (χ3n) is 5.15. The van der Waals surface area contributed by atoms with E-state index in [0.717, 1.165) is 17.3 Å². The Kier molecular flexibility index (Phi) is 5.76. The number of pyridine rings is 1. The number of benzene rings is 2. The first-order chi connectivity index (χ1) is 14.1. The number of hydrogen-bond acceptors (Lipinski definition) is 4. The smallest absolute Gasteiger partial charge is 0.311 e. The number of carbonyl (C=O) groups excluding carboxylic acids is 2. The second-order valence-electron chi connectivity index (χ2n) is 7.20. The Hall–Kier alpha value is -2.92. The molecule has 0 radical (unpaired) electrons. The van der Waals surface area contributed by atoms with E-state index in [1.165, 1.54) is 0 Å². The normalized spacial score (nSPS) is 16.6. The van der Waals surface area contributed by atoms with Gasteiger partial charge in [0.25, 0.3) is 5.91 Å². The number of fused-ring (bicyclic) bond motifs is 1. The van der Waals surface area contributed by atoms with E-state index in [1.807, 2.05) is 36.4 Å². The number of halogens is 1. The molecule has 0 bridgehead atoms. The lowest BCUT2D eigenvalue weighted by atomic mass is 9.97. The van der Waals surface area contributed by atoms with Crippen molar-refractivity contribution in [2.24, 2.45) is 5.92 Å². The molecule has 2 aromatic carbocycles. The number of piperidine rings is 1. The number of amides is 1. The van der Waals surface area contributed by atoms with Crippen molar-refractivity contribution in [3.8, 4) is 0 Å². The molecular weight excluding hydrogens is 388 g/mol. The molecule has 0 spiro atoms. The first kappa shape index (κ1) is 19.4. The second-order valence-corrected chi connectivity index (χ2v) is 7.64. The average Bonchev–Trinajstić information content (AvgIpc) is 2.77. The number of para-hydroxylation sites is 1. The minimum absolute atomic E-state index is 0.0876. The van der Waals surface area contributed by atoms with Gasteiger partial charge in [-0.2, -0.15) is 0 Å². The maximum absolute atomic E-state index is 12.7. The molecule has 0 saturated carbocycles. The zero-order valence-corrected chi connectivity index (χ0v) is 16.6. The molecule has 1 amide bonds. The van der Waals surface area contributed by atoms with Crippen LogP contribution in [0.15, 0.2) is 60.7 Å². The summed E-state index contributed by atoms with van der Waals surface area (Å²) in [6, 6.07) is 18.5. The van der Waals surface area contributed by atoms with Crippen molar-refractivity contribution in [1.82, 2.24) is 9.88 Å². The molecule has 0 N–H and O–H groups in total. The van der Waals surface area contributed by atoms with Crippen molar-refractivity contribution < 1.29 is 14.3 Å². The third-order valence-corrected chi connectivity index (χ3v) is 5.40. The lowest BCUT2D eigenvalue weighted by Gasteiger charge is -2.31. The molecule has 5 nitrogen and oxygen atoms in total. The van der Waals surface area contributed by atoms with Crippen LogP contribution in [0.4, 0.5) is 0 Å². The van der Waals surface area contributed by atoms with Gasteiger partial charge < -0.3 is 9.64 Å². The largest absolute Gasteiger partial charge is 0.459 e. The molecule has 148 valence electrons. The fourth-order valence-corrected chi connectivity index (χ4v) is 3.71. The average molecular weight is 409 g/mol. The van der Waals surface area contributed by atoms with Gasteiger partial charge in [0, 0.05) is 29.1 Å². The summed E-state index contributed by atoms with van der Waals surface area (Å²) >= 11 is 5.89. The number of nitrogens with zero attached hydrogens (tertiary/aromatic N) is 2. The Morgan fingerprint density at radius 2 is 1.86 bits per heavy atom. The van der Waals surface area contributed by atoms with Gasteiger partial charge in [-0.3, -0.25) is 9.59 Å². The van der Waals surface area contributed by atoms with Crippen LogP contribution in [0.3, 0.4) is 0 Å². The Bertz CT molecular complexity index is 1040. The van der Waals surface area contributed by atoms with Crippen LogP contribution in [0.25, 0.3) is 10.9 Å². The number of carbonyl (C=O) groups is 2. The van der Waals surface area contributed by atoms with Crippen LogP contribution in [0, 0.1) is 5.92 Å². The van der Waals surface area contributed by atoms with Crippen LogP contribution in [-0.2, 0) is 16.1 Å². The van der Waals surface area contributed by atoms with Crippen LogP contribution in [0.2, 0.25) is 5.02 Å². The molecule has 0 aliphatic carbocycles. The van der Waals surface area contributed by atoms with Crippen LogP contribution >= 0.6 is 11.6 Å². The molecule has 1 atom stereocenters. The molecule has 1 aromatic heterocycles. The molecule has 3 aromatic rings. The van der Waals surface area contributed by atoms with Gasteiger partial charge in [0.05, 0.1) is 17.1 Å². The zero-order valence-electron chi connectivity index (χ0n) is 15.9. The van der Waals surface area contributed by atoms with E-state index in [4.69, 9.17) is 16.3 Å². The highest BCUT2D eigenvalue weighted by atomic mass is 35.5. The van der Waals surface area contributed by atoms with Crippen LogP contribution < -0.4 is 0 Å². The van der Waals surface area contributed by atoms with E-state index < -0.39 is 0 Å². The number of ether oxygens (including phenoxy) is 1. The summed E-state index contributed by atoms with van der Waals surface area (Å²) in [4.78, 5) is 31.5. The predicted octanol–water partition coefficient (Wildman–Crippen LogP) is 4.48. The Morgan fingerprint density at radius 1 is 1.07 bits per heavy atom. The quantitative estimate of drug-likeness (QED) is 0.597. The highest BCUT2D eigenvalue weighted by Gasteiger charge is 2.30. The topological polar surface area (TPSA) is 59.5 Å². The van der Waals surface area contributed by atoms with Crippen molar-refractivity contribution in [3.05, 3.63) is 76.9 Å². The van der Waals surface area contributed by atoms with Crippen molar-refractivity contribution in [2.45, 2.75) is 19.4 Å². The van der Waals surface area contributed by atoms with E-state index in [9.17, 15) is 9.59 Å². The van der Waals surface area contributed by atoms with Gasteiger partial charge in [-0.15, -0.1) is 0 Å². The molecule has 1 aliphatic rings. The monoisotopic (exact) mass is 408 g/mol. The minimum Gasteiger partial charge on any atom is -0.459 e. The SMILES string of the molecule is O=C(OCc1ccc2ccccc2n1)[C@H]1CCCN(C(=O)c2ccc(Cl)cc2)C1. The van der Waals surface area contributed by atoms with Gasteiger partial charge in [-0.1, -0.05) is 35.9 Å². The van der Waals surface area contributed by atoms with Crippen molar-refractivity contribution in [2.75, 3.05) is 13.1 Å². The molecule has 4 rings (SSSR count). The van der Waals surface area contributed by atoms with Gasteiger partial charge in [0.2, 0.25) is 0 Å². The second kappa shape index (κ2) is 8.62. The molecular formula is C23H21ClN2O3. The lowest BCUT2D eigenvalue weighted by Crippen LogP contribution is -2.42. The number of aromatic nitrogens is 1. The summed E-state index contributed by atoms with van der Waals surface area (Å²) < 4.78 is 5.51. The molecule has 2 heterocycles. The summed E-state index contributed by atoms with van der Waals surface area (Å²) in [5, 5.41) is 1.63. The number of hydrogen-bond donors (Lipinski definition) is 0. The summed E-state index contributed by atoms with van der Waals surface area (Å²) in [6.45, 7) is 1.13. The summed E-state index contributed by atoms with van der Waals surface area (Å²) in [7, 11) is 0. The molecule has 1 saturated heterocycles. The summed E-state index contributed by atoms with van der Waals surface area (Å²) in [6.07, 6.45) is 1.49. The van der Waals surface area contributed by atoms with Gasteiger partial charge in [-0.05, 0) is 49.2 Å². The summed E-state index contributed by atoms with van der Waals surface area (Å²) in [5.74, 6) is -0.690. The molecule has 1 fully saturated rings. The number of rotatable bonds is 4. The molecule has 6 heteroatoms. The van der Waals surface area contributed by atoms with E-state index in [0.29, 0.717) is 35.8 Å². The van der Waals surface area contributed by atoms with E-state index in [1.54, 1.807) is 29.2 Å². The first-order valence-corrected chi connectivity index (χ1v) is 10.0. The Balaban J connectivity index is 1.36. The van der Waals surface area contributed by atoms with Crippen molar-refractivity contribution >= 4 is 34.4 Å². The Morgan fingerprint density at radius 3 is 2.69 bits per heavy atom. The summed E-state index contributed by atoms with van der Waals surface area (Å²) in [5.41, 5.74) is 2.16. The third kappa shape index (κ3) is 4.57. The molecule has 0 unspecified atom stereocenters. The van der Waals surface area contributed by atoms with Crippen LogP contribution in [0.1, 0.15) is 28.9 Å². The van der Waals surface area contributed by atoms with Gasteiger partial charge >= 0.3 is 5.97 Å². The Labute approximate surface area is 174 Å². The van der Waals surface area contributed by atoms with Crippen molar-refractivity contribution in [3.63, 3.8) is 0 Å². The molecule has 1 aliphatic heterocycles. The van der Waals surface area contributed by atoms with Crippen LogP contribution in [-0.4, -0.2) is 34.8 Å². The zero-order chi connectivity index (χ0) is 20.2. The fourth-order valence-electron chi connectivity index (χ4n) is 3.58. The molecule has 29 heavy (non-hydrogen) atoms. The van der Waals surface area contributed by atoms with Crippen LogP contribution in [0.5, 0.6) is 0 Å². The minimum atomic E-state index is -0.319. The van der Waals surface area contributed by atoms with Gasteiger partial charge in [-0.25, -0.2) is 4.98 Å². The maximum Gasteiger partial charge on any atom is 0.311 e. The number of esters is 1. The van der Waals surface area contributed by atoms with Gasteiger partial charge in [0.1, 0.15) is 6.61 Å². The highest BCUT2D eigenvalue weighted by molar-refractivity contribution is 6.30. The number of likely N-dealkylation sites (tertiary alicyclic amines) is 1. The lowest BCUT2D eigenvalue weighted by molar-refractivity contribution is -0.151. The van der Waals surface area contributed by atoms with E-state index >= 15 is 0 Å². The van der Waals surface area contributed by atoms with Gasteiger partial charge in [0.15, 0.2) is 0 Å². The highest BCUT2D eigenvalue weighted by Crippen LogP contribution is 2.21. The standard InChI is InChI=1S/C23H21ClN2O3/c24-19-10-7-17(8-11-19)22(27)26-13-3-5-18(14-26)23(28)29-15-20-12-9-16-4-1-2-6-21(16)25-20/h1-2,4,6-12,18H,3,5,13-15H2/t18-/m0/s1. The fraction of sp³-hybridized carbons (Fsp3) is 0.261. The van der Waals surface area contributed by atoms with Crippen molar-refractivity contribution in [1.29, 1.82) is 0 Å². The van der Waals surface area contributed by atoms with E-state index in [-0.39, 0.29) is 24.4 Å². The van der Waals surface area contributed by atoms with E-state index in [2.05, 4.69) is 4.98 Å². The predicted molar refractivity (Wildman–Crippen MR) is 112 cm³/mol. The maximum atomic E-state index is 12.7. The first-order valence-electron chi connectivity index (χ1n) is 9.66.